The molecule has 0 amide bonds. The van der Waals surface area contributed by atoms with Crippen molar-refractivity contribution in [1.82, 2.24) is 34.7 Å². The lowest BCUT2D eigenvalue weighted by atomic mass is 10.1. The van der Waals surface area contributed by atoms with Crippen LogP contribution in [0.1, 0.15) is 6.04 Å². The first-order valence-electron chi connectivity index (χ1n) is 8.78. The molecule has 5 rings (SSSR count). The van der Waals surface area contributed by atoms with E-state index in [0.717, 1.165) is 5.56 Å². The molecular weight excluding hydrogens is 360 g/mol. The fourth-order valence-electron chi connectivity index (χ4n) is 3.30. The molecule has 0 spiro atoms. The molecule has 0 aromatic carbocycles. The molecule has 1 aliphatic rings. The summed E-state index contributed by atoms with van der Waals surface area (Å²) in [6, 6.07) is 6.49. The van der Waals surface area contributed by atoms with Crippen LogP contribution in [0.2, 0.25) is 0 Å². The maximum Gasteiger partial charge on any atom is 0.267 e. The van der Waals surface area contributed by atoms with Crippen LogP contribution in [0.5, 0.6) is 0 Å². The van der Waals surface area contributed by atoms with E-state index in [1.54, 1.807) is 24.8 Å². The number of hydrogen-bond acceptors (Lipinski definition) is 8. The minimum Gasteiger partial charge on any atom is -0.377 e. The highest BCUT2D eigenvalue weighted by Crippen LogP contribution is 2.24. The van der Waals surface area contributed by atoms with E-state index in [0.29, 0.717) is 35.9 Å². The van der Waals surface area contributed by atoms with Gasteiger partial charge in [-0.15, -0.1) is 0 Å². The fraction of sp³-hybridized carbons (Fsp3) is 0.222. The zero-order valence-electron chi connectivity index (χ0n) is 14.7. The van der Waals surface area contributed by atoms with Gasteiger partial charge in [-0.3, -0.25) is 9.78 Å². The molecule has 0 bridgehead atoms. The molecular formula is C18H16N8O2. The van der Waals surface area contributed by atoms with Gasteiger partial charge in [0.25, 0.3) is 5.56 Å². The van der Waals surface area contributed by atoms with Crippen molar-refractivity contribution in [2.75, 3.05) is 18.5 Å². The van der Waals surface area contributed by atoms with Crippen molar-refractivity contribution >= 4 is 17.0 Å². The highest BCUT2D eigenvalue weighted by molar-refractivity contribution is 5.82. The Morgan fingerprint density at radius 3 is 3.04 bits per heavy atom. The molecule has 1 aliphatic heterocycles. The van der Waals surface area contributed by atoms with E-state index in [1.807, 2.05) is 12.1 Å². The minimum absolute atomic E-state index is 0.184. The van der Waals surface area contributed by atoms with Crippen molar-refractivity contribution in [1.29, 1.82) is 0 Å². The van der Waals surface area contributed by atoms with Crippen LogP contribution in [-0.2, 0) is 4.74 Å². The number of H-pyrrole nitrogens is 1. The molecule has 4 aromatic rings. The van der Waals surface area contributed by atoms with Gasteiger partial charge in [-0.25, -0.2) is 19.6 Å². The largest absolute Gasteiger partial charge is 0.377 e. The summed E-state index contributed by atoms with van der Waals surface area (Å²) in [6.45, 7) is 0.799. The third-order valence-electron chi connectivity index (χ3n) is 4.69. The molecule has 1 fully saturated rings. The monoisotopic (exact) mass is 376 g/mol. The van der Waals surface area contributed by atoms with E-state index in [1.165, 1.54) is 17.1 Å². The SMILES string of the molecule is O=c1ccc(-c2cccnc2)nn1C1COCC1Nc1ncnc2nc[nH]c12. The second-order valence-corrected chi connectivity index (χ2v) is 6.42. The first-order valence-corrected chi connectivity index (χ1v) is 8.78. The van der Waals surface area contributed by atoms with E-state index in [4.69, 9.17) is 4.74 Å². The maximum absolute atomic E-state index is 12.5. The van der Waals surface area contributed by atoms with Gasteiger partial charge < -0.3 is 15.0 Å². The molecule has 2 atom stereocenters. The molecule has 28 heavy (non-hydrogen) atoms. The van der Waals surface area contributed by atoms with Crippen LogP contribution in [0.15, 0.2) is 54.1 Å². The first-order chi connectivity index (χ1) is 13.8. The molecule has 0 saturated carbocycles. The number of rotatable bonds is 4. The Labute approximate surface area is 158 Å². The molecule has 2 N–H and O–H groups in total. The predicted octanol–water partition coefficient (Wildman–Crippen LogP) is 1.02. The normalized spacial score (nSPS) is 19.1. The third kappa shape index (κ3) is 2.89. The zero-order valence-corrected chi connectivity index (χ0v) is 14.7. The predicted molar refractivity (Wildman–Crippen MR) is 101 cm³/mol. The standard InChI is InChI=1S/C18H16N8O2/c27-15-4-3-12(11-2-1-5-19-6-11)25-26(15)14-8-28-7-13(14)24-18-16-17(21-9-20-16)22-10-23-18/h1-6,9-10,13-14H,7-8H2,(H2,20,21,22,23,24). The topological polar surface area (TPSA) is 124 Å². The number of aromatic amines is 1. The Hall–Kier alpha value is -3.66. The first kappa shape index (κ1) is 16.5. The molecule has 140 valence electrons. The van der Waals surface area contributed by atoms with Crippen LogP contribution in [0.4, 0.5) is 5.82 Å². The summed E-state index contributed by atoms with van der Waals surface area (Å²) < 4.78 is 7.12. The summed E-state index contributed by atoms with van der Waals surface area (Å²) in [6.07, 6.45) is 6.43. The molecule has 4 aromatic heterocycles. The highest BCUT2D eigenvalue weighted by Gasteiger charge is 2.32. The van der Waals surface area contributed by atoms with Gasteiger partial charge in [-0.2, -0.15) is 5.10 Å². The number of anilines is 1. The van der Waals surface area contributed by atoms with Crippen LogP contribution in [0, 0.1) is 0 Å². The molecule has 0 radical (unpaired) electrons. The van der Waals surface area contributed by atoms with Crippen molar-refractivity contribution in [3.63, 3.8) is 0 Å². The Morgan fingerprint density at radius 2 is 2.14 bits per heavy atom. The van der Waals surface area contributed by atoms with Crippen LogP contribution in [0.25, 0.3) is 22.4 Å². The maximum atomic E-state index is 12.5. The molecule has 2 unspecified atom stereocenters. The van der Waals surface area contributed by atoms with Crippen LogP contribution in [-0.4, -0.2) is 54.0 Å². The molecule has 10 nitrogen and oxygen atoms in total. The molecule has 5 heterocycles. The van der Waals surface area contributed by atoms with Gasteiger partial charge in [0.1, 0.15) is 17.9 Å². The summed E-state index contributed by atoms with van der Waals surface area (Å²) in [5.41, 5.74) is 2.61. The Kier molecular flexibility index (Phi) is 4.02. The number of hydrogen-bond donors (Lipinski definition) is 2. The van der Waals surface area contributed by atoms with Gasteiger partial charge in [0.15, 0.2) is 11.5 Å². The van der Waals surface area contributed by atoms with E-state index in [-0.39, 0.29) is 17.6 Å². The number of nitrogens with zero attached hydrogens (tertiary/aromatic N) is 6. The van der Waals surface area contributed by atoms with Gasteiger partial charge in [0.2, 0.25) is 0 Å². The van der Waals surface area contributed by atoms with Crippen LogP contribution >= 0.6 is 0 Å². The van der Waals surface area contributed by atoms with Crippen LogP contribution < -0.4 is 10.9 Å². The van der Waals surface area contributed by atoms with E-state index >= 15 is 0 Å². The lowest BCUT2D eigenvalue weighted by molar-refractivity contribution is 0.183. The Morgan fingerprint density at radius 1 is 1.18 bits per heavy atom. The Bertz CT molecular complexity index is 1170. The van der Waals surface area contributed by atoms with Crippen molar-refractivity contribution in [2.45, 2.75) is 12.1 Å². The molecule has 10 heteroatoms. The van der Waals surface area contributed by atoms with Crippen LogP contribution in [0.3, 0.4) is 0 Å². The van der Waals surface area contributed by atoms with E-state index in [9.17, 15) is 4.79 Å². The number of pyridine rings is 1. The zero-order chi connectivity index (χ0) is 18.9. The lowest BCUT2D eigenvalue weighted by Gasteiger charge is -2.21. The second-order valence-electron chi connectivity index (χ2n) is 6.42. The summed E-state index contributed by atoms with van der Waals surface area (Å²) in [5.74, 6) is 0.611. The molecule has 1 saturated heterocycles. The van der Waals surface area contributed by atoms with E-state index in [2.05, 4.69) is 35.3 Å². The quantitative estimate of drug-likeness (QED) is 0.541. The number of imidazole rings is 1. The number of aromatic nitrogens is 7. The van der Waals surface area contributed by atoms with Gasteiger partial charge in [-0.05, 0) is 18.2 Å². The molecule has 0 aliphatic carbocycles. The summed E-state index contributed by atoms with van der Waals surface area (Å²) in [4.78, 5) is 32.2. The summed E-state index contributed by atoms with van der Waals surface area (Å²) in [5, 5.41) is 7.91. The lowest BCUT2D eigenvalue weighted by Crippen LogP contribution is -2.37. The summed E-state index contributed by atoms with van der Waals surface area (Å²) in [7, 11) is 0. The Balaban J connectivity index is 1.49. The average molecular weight is 376 g/mol. The van der Waals surface area contributed by atoms with Crippen molar-refractivity contribution < 1.29 is 4.74 Å². The van der Waals surface area contributed by atoms with E-state index < -0.39 is 0 Å². The number of nitrogens with one attached hydrogen (secondary N) is 2. The average Bonchev–Trinajstić information content (AvgIpc) is 3.39. The third-order valence-corrected chi connectivity index (χ3v) is 4.69. The van der Waals surface area contributed by atoms with Crippen molar-refractivity contribution in [3.8, 4) is 11.3 Å². The van der Waals surface area contributed by atoms with Gasteiger partial charge in [0, 0.05) is 24.0 Å². The van der Waals surface area contributed by atoms with Crippen molar-refractivity contribution in [3.05, 3.63) is 59.7 Å². The number of fused-ring (bicyclic) bond motifs is 1. The van der Waals surface area contributed by atoms with Gasteiger partial charge >= 0.3 is 0 Å². The fourth-order valence-corrected chi connectivity index (χ4v) is 3.30. The smallest absolute Gasteiger partial charge is 0.267 e. The summed E-state index contributed by atoms with van der Waals surface area (Å²) >= 11 is 0. The second kappa shape index (κ2) is 6.82. The van der Waals surface area contributed by atoms with Crippen molar-refractivity contribution in [2.24, 2.45) is 0 Å². The van der Waals surface area contributed by atoms with Gasteiger partial charge in [0.05, 0.1) is 31.3 Å². The number of ether oxygens (including phenoxy) is 1. The minimum atomic E-state index is -0.281. The highest BCUT2D eigenvalue weighted by atomic mass is 16.5. The van der Waals surface area contributed by atoms with Gasteiger partial charge in [-0.1, -0.05) is 0 Å².